The number of piperazine rings is 1. The normalized spacial score (nSPS) is 19.8. The van der Waals surface area contributed by atoms with Gasteiger partial charge >= 0.3 is 0 Å². The molecule has 1 fully saturated rings. The van der Waals surface area contributed by atoms with Crippen LogP contribution in [-0.2, 0) is 13.0 Å². The van der Waals surface area contributed by atoms with Gasteiger partial charge in [-0.1, -0.05) is 0 Å². The first-order valence-electron chi connectivity index (χ1n) is 6.81. The second-order valence-corrected chi connectivity index (χ2v) is 6.22. The number of rotatable bonds is 4. The molecule has 0 saturated carbocycles. The summed E-state index contributed by atoms with van der Waals surface area (Å²) in [5, 5.41) is 4.06. The van der Waals surface area contributed by atoms with Crippen LogP contribution < -0.4 is 11.1 Å². The minimum atomic E-state index is -0.403. The molecule has 1 atom stereocenters. The third-order valence-corrected chi connectivity index (χ3v) is 4.20. The van der Waals surface area contributed by atoms with E-state index in [2.05, 4.69) is 25.2 Å². The maximum atomic E-state index is 12.8. The van der Waals surface area contributed by atoms with Crippen LogP contribution in [0.15, 0.2) is 18.6 Å². The molecule has 0 radical (unpaired) electrons. The fourth-order valence-electron chi connectivity index (χ4n) is 2.46. The maximum Gasteiger partial charge on any atom is 0.180 e. The number of thiazole rings is 1. The molecule has 0 aromatic carbocycles. The van der Waals surface area contributed by atoms with Gasteiger partial charge in [-0.05, 0) is 0 Å². The summed E-state index contributed by atoms with van der Waals surface area (Å²) in [4.78, 5) is 15.6. The van der Waals surface area contributed by atoms with Crippen LogP contribution in [-0.4, -0.2) is 45.5 Å². The van der Waals surface area contributed by atoms with Crippen molar-refractivity contribution in [3.63, 3.8) is 0 Å². The summed E-state index contributed by atoms with van der Waals surface area (Å²) in [6.07, 6.45) is 4.95. The van der Waals surface area contributed by atoms with E-state index in [4.69, 9.17) is 5.73 Å². The molecule has 3 heterocycles. The Kier molecular flexibility index (Phi) is 4.37. The van der Waals surface area contributed by atoms with E-state index >= 15 is 0 Å². The number of nitrogens with two attached hydrogens (primary N) is 1. The first-order chi connectivity index (χ1) is 10.2. The van der Waals surface area contributed by atoms with E-state index in [1.165, 1.54) is 28.6 Å². The zero-order chi connectivity index (χ0) is 14.7. The molecular weight excluding hydrogens is 291 g/mol. The lowest BCUT2D eigenvalue weighted by molar-refractivity contribution is 0.192. The van der Waals surface area contributed by atoms with Crippen LogP contribution in [0, 0.1) is 5.82 Å². The molecule has 1 aliphatic rings. The lowest BCUT2D eigenvalue weighted by Crippen LogP contribution is -2.51. The Morgan fingerprint density at radius 3 is 2.86 bits per heavy atom. The minimum absolute atomic E-state index is 0.273. The Hall–Kier alpha value is -1.64. The highest BCUT2D eigenvalue weighted by Gasteiger charge is 2.21. The number of hydrogen-bond donors (Lipinski definition) is 2. The molecule has 2 aromatic heterocycles. The zero-order valence-electron chi connectivity index (χ0n) is 11.5. The first kappa shape index (κ1) is 14.3. The summed E-state index contributed by atoms with van der Waals surface area (Å²) in [6.45, 7) is 3.66. The second-order valence-electron chi connectivity index (χ2n) is 5.07. The zero-order valence-corrected chi connectivity index (χ0v) is 12.3. The standard InChI is InChI=1S/C13H17FN6S/c14-9-4-17-12(18-5-9)3-10-7-20(2-1-16-10)8-11-6-19-13(15)21-11/h4-6,10,16H,1-3,7-8H2,(H2,15,19). The number of hydrogen-bond acceptors (Lipinski definition) is 7. The van der Waals surface area contributed by atoms with E-state index in [0.717, 1.165) is 26.2 Å². The Bertz CT molecular complexity index is 587. The molecule has 3 rings (SSSR count). The van der Waals surface area contributed by atoms with Crippen molar-refractivity contribution in [3.8, 4) is 0 Å². The van der Waals surface area contributed by atoms with Gasteiger partial charge in [0.1, 0.15) is 5.82 Å². The predicted octanol–water partition coefficient (Wildman–Crippen LogP) is 0.671. The molecule has 1 aliphatic heterocycles. The highest BCUT2D eigenvalue weighted by atomic mass is 32.1. The molecule has 0 spiro atoms. The topological polar surface area (TPSA) is 80.0 Å². The second kappa shape index (κ2) is 6.42. The Morgan fingerprint density at radius 1 is 1.33 bits per heavy atom. The molecule has 1 saturated heterocycles. The molecule has 8 heteroatoms. The van der Waals surface area contributed by atoms with Crippen molar-refractivity contribution in [2.45, 2.75) is 19.0 Å². The van der Waals surface area contributed by atoms with Crippen molar-refractivity contribution in [1.29, 1.82) is 0 Å². The number of halogens is 1. The maximum absolute atomic E-state index is 12.8. The van der Waals surface area contributed by atoms with E-state index in [0.29, 0.717) is 17.4 Å². The van der Waals surface area contributed by atoms with Crippen molar-refractivity contribution in [1.82, 2.24) is 25.2 Å². The van der Waals surface area contributed by atoms with E-state index in [-0.39, 0.29) is 6.04 Å². The molecule has 6 nitrogen and oxygen atoms in total. The van der Waals surface area contributed by atoms with Crippen LogP contribution >= 0.6 is 11.3 Å². The van der Waals surface area contributed by atoms with Crippen LogP contribution in [0.25, 0.3) is 0 Å². The summed E-state index contributed by atoms with van der Waals surface area (Å²) in [5.41, 5.74) is 5.65. The van der Waals surface area contributed by atoms with Gasteiger partial charge in [0.2, 0.25) is 0 Å². The molecule has 21 heavy (non-hydrogen) atoms. The third-order valence-electron chi connectivity index (χ3n) is 3.39. The SMILES string of the molecule is Nc1ncc(CN2CCNC(Cc3ncc(F)cn3)C2)s1. The summed E-state index contributed by atoms with van der Waals surface area (Å²) in [7, 11) is 0. The van der Waals surface area contributed by atoms with Crippen LogP contribution in [0.1, 0.15) is 10.7 Å². The van der Waals surface area contributed by atoms with Crippen LogP contribution in [0.3, 0.4) is 0 Å². The van der Waals surface area contributed by atoms with Gasteiger partial charge in [-0.2, -0.15) is 0 Å². The van der Waals surface area contributed by atoms with Crippen molar-refractivity contribution < 1.29 is 4.39 Å². The summed E-state index contributed by atoms with van der Waals surface area (Å²) < 4.78 is 12.8. The van der Waals surface area contributed by atoms with E-state index in [1.54, 1.807) is 0 Å². The number of nitrogen functional groups attached to an aromatic ring is 1. The summed E-state index contributed by atoms with van der Waals surface area (Å²) in [5.74, 6) is 0.262. The van der Waals surface area contributed by atoms with Crippen LogP contribution in [0.5, 0.6) is 0 Å². The number of anilines is 1. The highest BCUT2D eigenvalue weighted by molar-refractivity contribution is 7.15. The fraction of sp³-hybridized carbons (Fsp3) is 0.462. The summed E-state index contributed by atoms with van der Waals surface area (Å²) in [6, 6.07) is 0.273. The molecule has 0 bridgehead atoms. The molecule has 1 unspecified atom stereocenters. The van der Waals surface area contributed by atoms with Crippen molar-refractivity contribution >= 4 is 16.5 Å². The van der Waals surface area contributed by atoms with Gasteiger partial charge in [0, 0.05) is 49.7 Å². The van der Waals surface area contributed by atoms with Gasteiger partial charge in [0.05, 0.1) is 12.4 Å². The van der Waals surface area contributed by atoms with Crippen molar-refractivity contribution in [3.05, 3.63) is 35.1 Å². The highest BCUT2D eigenvalue weighted by Crippen LogP contribution is 2.17. The third kappa shape index (κ3) is 3.93. The van der Waals surface area contributed by atoms with Gasteiger partial charge in [0.25, 0.3) is 0 Å². The molecule has 0 amide bonds. The van der Waals surface area contributed by atoms with Crippen LogP contribution in [0.4, 0.5) is 9.52 Å². The Balaban J connectivity index is 1.56. The van der Waals surface area contributed by atoms with Gasteiger partial charge in [-0.15, -0.1) is 11.3 Å². The lowest BCUT2D eigenvalue weighted by Gasteiger charge is -2.33. The van der Waals surface area contributed by atoms with E-state index in [1.807, 2.05) is 6.20 Å². The number of nitrogens with one attached hydrogen (secondary N) is 1. The molecule has 0 aliphatic carbocycles. The Labute approximate surface area is 126 Å². The monoisotopic (exact) mass is 308 g/mol. The van der Waals surface area contributed by atoms with Crippen molar-refractivity contribution in [2.75, 3.05) is 25.4 Å². The molecule has 112 valence electrons. The summed E-state index contributed by atoms with van der Waals surface area (Å²) >= 11 is 1.53. The molecule has 3 N–H and O–H groups in total. The van der Waals surface area contributed by atoms with Gasteiger partial charge in [0.15, 0.2) is 10.9 Å². The largest absolute Gasteiger partial charge is 0.375 e. The van der Waals surface area contributed by atoms with Gasteiger partial charge in [-0.25, -0.2) is 19.3 Å². The molecule has 2 aromatic rings. The Morgan fingerprint density at radius 2 is 2.14 bits per heavy atom. The quantitative estimate of drug-likeness (QED) is 0.864. The predicted molar refractivity (Wildman–Crippen MR) is 79.3 cm³/mol. The molecular formula is C13H17FN6S. The first-order valence-corrected chi connectivity index (χ1v) is 7.63. The average molecular weight is 308 g/mol. The van der Waals surface area contributed by atoms with Gasteiger partial charge < -0.3 is 11.1 Å². The fourth-order valence-corrected chi connectivity index (χ4v) is 3.18. The number of aromatic nitrogens is 3. The average Bonchev–Trinajstić information content (AvgIpc) is 2.87. The van der Waals surface area contributed by atoms with E-state index < -0.39 is 5.82 Å². The van der Waals surface area contributed by atoms with Gasteiger partial charge in [-0.3, -0.25) is 4.90 Å². The van der Waals surface area contributed by atoms with Crippen LogP contribution in [0.2, 0.25) is 0 Å². The minimum Gasteiger partial charge on any atom is -0.375 e. The smallest absolute Gasteiger partial charge is 0.180 e. The van der Waals surface area contributed by atoms with Crippen molar-refractivity contribution in [2.24, 2.45) is 0 Å². The number of nitrogens with zero attached hydrogens (tertiary/aromatic N) is 4. The lowest BCUT2D eigenvalue weighted by atomic mass is 10.1. The van der Waals surface area contributed by atoms with E-state index in [9.17, 15) is 4.39 Å².